The van der Waals surface area contributed by atoms with E-state index in [-0.39, 0.29) is 18.0 Å². The van der Waals surface area contributed by atoms with Crippen LogP contribution in [0.5, 0.6) is 17.8 Å². The van der Waals surface area contributed by atoms with Crippen LogP contribution in [0.3, 0.4) is 0 Å². The summed E-state index contributed by atoms with van der Waals surface area (Å²) in [5.74, 6) is 0.698. The number of halogens is 1. The molecular weight excluding hydrogens is 312 g/mol. The second kappa shape index (κ2) is 5.83. The highest BCUT2D eigenvalue weighted by Gasteiger charge is 2.09. The van der Waals surface area contributed by atoms with E-state index in [1.165, 1.54) is 0 Å². The van der Waals surface area contributed by atoms with Gasteiger partial charge in [0.1, 0.15) is 5.75 Å². The second-order valence-electron chi connectivity index (χ2n) is 3.70. The Balaban J connectivity index is 2.29. The molecule has 6 nitrogen and oxygen atoms in total. The Hall–Kier alpha value is -1.89. The number of rotatable bonds is 4. The van der Waals surface area contributed by atoms with Crippen molar-refractivity contribution in [3.05, 3.63) is 28.2 Å². The summed E-state index contributed by atoms with van der Waals surface area (Å²) in [7, 11) is 0. The Bertz CT molecular complexity index is 592. The average molecular weight is 325 g/mol. The molecule has 0 radical (unpaired) electrons. The van der Waals surface area contributed by atoms with Crippen LogP contribution in [0, 0.1) is 6.92 Å². The lowest BCUT2D eigenvalue weighted by atomic mass is 10.2. The molecule has 2 N–H and O–H groups in total. The Labute approximate surface area is 119 Å². The third kappa shape index (κ3) is 3.54. The molecule has 0 saturated carbocycles. The average Bonchev–Trinajstić information content (AvgIpc) is 2.33. The highest BCUT2D eigenvalue weighted by Crippen LogP contribution is 2.27. The zero-order valence-electron chi connectivity index (χ0n) is 10.6. The van der Waals surface area contributed by atoms with Crippen LogP contribution in [-0.4, -0.2) is 21.6 Å². The fraction of sp³-hybridized carbons (Fsp3) is 0.250. The van der Waals surface area contributed by atoms with Crippen molar-refractivity contribution in [1.29, 1.82) is 0 Å². The number of nitrogens with zero attached hydrogens (tertiary/aromatic N) is 3. The van der Waals surface area contributed by atoms with Crippen molar-refractivity contribution in [1.82, 2.24) is 15.0 Å². The van der Waals surface area contributed by atoms with E-state index in [0.717, 1.165) is 10.0 Å². The van der Waals surface area contributed by atoms with Crippen LogP contribution >= 0.6 is 15.9 Å². The number of aryl methyl sites for hydroxylation is 1. The quantitative estimate of drug-likeness (QED) is 0.930. The summed E-state index contributed by atoms with van der Waals surface area (Å²) in [4.78, 5) is 11.8. The summed E-state index contributed by atoms with van der Waals surface area (Å²) in [6.45, 7) is 4.20. The van der Waals surface area contributed by atoms with Gasteiger partial charge in [-0.05, 0) is 31.5 Å². The van der Waals surface area contributed by atoms with Gasteiger partial charge in [-0.15, -0.1) is 4.98 Å². The maximum absolute atomic E-state index is 5.61. The zero-order chi connectivity index (χ0) is 13.8. The number of hydrogen-bond acceptors (Lipinski definition) is 6. The summed E-state index contributed by atoms with van der Waals surface area (Å²) < 4.78 is 11.7. The third-order valence-corrected chi connectivity index (χ3v) is 2.73. The summed E-state index contributed by atoms with van der Waals surface area (Å²) >= 11 is 3.38. The van der Waals surface area contributed by atoms with Gasteiger partial charge in [0.25, 0.3) is 0 Å². The van der Waals surface area contributed by atoms with E-state index < -0.39 is 0 Å². The number of aromatic nitrogens is 3. The summed E-state index contributed by atoms with van der Waals surface area (Å²) in [5.41, 5.74) is 6.54. The largest absolute Gasteiger partial charge is 0.464 e. The third-order valence-electron chi connectivity index (χ3n) is 2.24. The van der Waals surface area contributed by atoms with Gasteiger partial charge in [0.15, 0.2) is 0 Å². The van der Waals surface area contributed by atoms with Crippen LogP contribution in [-0.2, 0) is 0 Å². The molecule has 0 aliphatic rings. The molecule has 0 unspecified atom stereocenters. The van der Waals surface area contributed by atoms with Gasteiger partial charge in [-0.25, -0.2) is 0 Å². The molecule has 0 aliphatic carbocycles. The van der Waals surface area contributed by atoms with Crippen LogP contribution in [0.1, 0.15) is 12.5 Å². The number of benzene rings is 1. The lowest BCUT2D eigenvalue weighted by molar-refractivity contribution is 0.304. The van der Waals surface area contributed by atoms with Crippen LogP contribution in [0.4, 0.5) is 5.95 Å². The van der Waals surface area contributed by atoms with Crippen LogP contribution in [0.15, 0.2) is 22.7 Å². The molecule has 0 atom stereocenters. The fourth-order valence-corrected chi connectivity index (χ4v) is 1.71. The van der Waals surface area contributed by atoms with Gasteiger partial charge in [-0.1, -0.05) is 22.0 Å². The lowest BCUT2D eigenvalue weighted by Crippen LogP contribution is -2.05. The number of nitrogens with two attached hydrogens (primary N) is 1. The van der Waals surface area contributed by atoms with E-state index in [1.807, 2.05) is 32.0 Å². The first kappa shape index (κ1) is 13.5. The molecule has 0 saturated heterocycles. The Morgan fingerprint density at radius 1 is 1.21 bits per heavy atom. The normalized spacial score (nSPS) is 10.3. The predicted octanol–water partition coefficient (Wildman–Crippen LogP) is 2.72. The fourth-order valence-electron chi connectivity index (χ4n) is 1.37. The molecule has 0 amide bonds. The number of nitrogen functional groups attached to an aromatic ring is 1. The van der Waals surface area contributed by atoms with Gasteiger partial charge < -0.3 is 15.2 Å². The molecule has 0 aliphatic heterocycles. The molecule has 0 spiro atoms. The van der Waals surface area contributed by atoms with Crippen molar-refractivity contribution in [2.75, 3.05) is 12.3 Å². The van der Waals surface area contributed by atoms with Crippen molar-refractivity contribution < 1.29 is 9.47 Å². The molecule has 0 fully saturated rings. The Kier molecular flexibility index (Phi) is 4.16. The lowest BCUT2D eigenvalue weighted by Gasteiger charge is -2.08. The second-order valence-corrected chi connectivity index (χ2v) is 4.62. The molecular formula is C12H13BrN4O2. The van der Waals surface area contributed by atoms with E-state index in [2.05, 4.69) is 30.9 Å². The molecule has 100 valence electrons. The number of hydrogen-bond donors (Lipinski definition) is 1. The standard InChI is InChI=1S/C12H13BrN4O2/c1-3-18-11-15-10(14)16-12(17-11)19-9-6-8(13)5-4-7(9)2/h4-6H,3H2,1-2H3,(H2,14,15,16,17). The topological polar surface area (TPSA) is 83.2 Å². The van der Waals surface area contributed by atoms with Crippen LogP contribution in [0.25, 0.3) is 0 Å². The highest BCUT2D eigenvalue weighted by molar-refractivity contribution is 9.10. The van der Waals surface area contributed by atoms with Gasteiger partial charge in [-0.3, -0.25) is 0 Å². The van der Waals surface area contributed by atoms with E-state index in [0.29, 0.717) is 12.4 Å². The zero-order valence-corrected chi connectivity index (χ0v) is 12.1. The van der Waals surface area contributed by atoms with E-state index in [4.69, 9.17) is 15.2 Å². The minimum atomic E-state index is 0.0566. The molecule has 2 aromatic rings. The van der Waals surface area contributed by atoms with E-state index >= 15 is 0 Å². The van der Waals surface area contributed by atoms with Crippen LogP contribution in [0.2, 0.25) is 0 Å². The van der Waals surface area contributed by atoms with Gasteiger partial charge in [0.2, 0.25) is 5.95 Å². The molecule has 1 heterocycles. The monoisotopic (exact) mass is 324 g/mol. The van der Waals surface area contributed by atoms with Crippen LogP contribution < -0.4 is 15.2 Å². The minimum absolute atomic E-state index is 0.0566. The maximum atomic E-state index is 5.61. The van der Waals surface area contributed by atoms with Gasteiger partial charge >= 0.3 is 12.0 Å². The van der Waals surface area contributed by atoms with Crippen molar-refractivity contribution in [2.24, 2.45) is 0 Å². The molecule has 7 heteroatoms. The smallest absolute Gasteiger partial charge is 0.330 e. The predicted molar refractivity (Wildman–Crippen MR) is 74.4 cm³/mol. The van der Waals surface area contributed by atoms with E-state index in [9.17, 15) is 0 Å². The Morgan fingerprint density at radius 3 is 2.68 bits per heavy atom. The van der Waals surface area contributed by atoms with Gasteiger partial charge in [0.05, 0.1) is 6.61 Å². The molecule has 1 aromatic carbocycles. The number of ether oxygens (including phenoxy) is 2. The Morgan fingerprint density at radius 2 is 1.95 bits per heavy atom. The van der Waals surface area contributed by atoms with Crippen molar-refractivity contribution in [2.45, 2.75) is 13.8 Å². The van der Waals surface area contributed by atoms with Gasteiger partial charge in [0, 0.05) is 4.47 Å². The first-order valence-corrected chi connectivity index (χ1v) is 6.46. The first-order chi connectivity index (χ1) is 9.08. The summed E-state index contributed by atoms with van der Waals surface area (Å²) in [6, 6.07) is 5.94. The van der Waals surface area contributed by atoms with Crippen molar-refractivity contribution in [3.63, 3.8) is 0 Å². The van der Waals surface area contributed by atoms with E-state index in [1.54, 1.807) is 0 Å². The maximum Gasteiger partial charge on any atom is 0.330 e. The SMILES string of the molecule is CCOc1nc(N)nc(Oc2cc(Br)ccc2C)n1. The van der Waals surface area contributed by atoms with Crippen molar-refractivity contribution >= 4 is 21.9 Å². The molecule has 2 rings (SSSR count). The molecule has 19 heavy (non-hydrogen) atoms. The molecule has 1 aromatic heterocycles. The summed E-state index contributed by atoms with van der Waals surface area (Å²) in [5, 5.41) is 0. The summed E-state index contributed by atoms with van der Waals surface area (Å²) in [6.07, 6.45) is 0. The highest BCUT2D eigenvalue weighted by atomic mass is 79.9. The number of anilines is 1. The van der Waals surface area contributed by atoms with Crippen molar-refractivity contribution in [3.8, 4) is 17.8 Å². The minimum Gasteiger partial charge on any atom is -0.464 e. The van der Waals surface area contributed by atoms with Gasteiger partial charge in [-0.2, -0.15) is 9.97 Å². The first-order valence-electron chi connectivity index (χ1n) is 5.67. The molecule has 0 bridgehead atoms.